The Morgan fingerprint density at radius 3 is 2.79 bits per heavy atom. The van der Waals surface area contributed by atoms with E-state index in [1.54, 1.807) is 6.92 Å². The van der Waals surface area contributed by atoms with Gasteiger partial charge in [0.1, 0.15) is 24.9 Å². The standard InChI is InChI=1S/C14H19N6O10PS.Na/c1-2-29-31(26,27)7-19-13(16-17-18-19)32-6-9(21)15-8-5-28-20(11(8)23)14(12(24)25)4-3-10(22)30-14;/h8H,2-7H2,1H3,(H,15,21)(H,24,25)(H,26,27);/q;+1/p-1/t8-,14?;/m0./s1. The number of thioether (sulfide) groups is 1. The molecule has 3 atom stereocenters. The summed E-state index contributed by atoms with van der Waals surface area (Å²) in [6, 6.07) is -1.23. The largest absolute Gasteiger partial charge is 1.00 e. The number of carboxylic acid groups (broad SMARTS) is 1. The van der Waals surface area contributed by atoms with Gasteiger partial charge in [0, 0.05) is 6.42 Å². The van der Waals surface area contributed by atoms with Gasteiger partial charge in [0.15, 0.2) is 0 Å². The van der Waals surface area contributed by atoms with Gasteiger partial charge in [-0.15, -0.1) is 5.10 Å². The molecule has 0 radical (unpaired) electrons. The monoisotopic (exact) mass is 516 g/mol. The molecule has 0 aromatic carbocycles. The molecule has 3 heterocycles. The van der Waals surface area contributed by atoms with Crippen LogP contribution in [0.25, 0.3) is 0 Å². The summed E-state index contributed by atoms with van der Waals surface area (Å²) in [7, 11) is -3.97. The number of rotatable bonds is 10. The third kappa shape index (κ3) is 6.30. The molecule has 2 unspecified atom stereocenters. The number of amides is 2. The molecule has 0 spiro atoms. The summed E-state index contributed by atoms with van der Waals surface area (Å²) in [5.41, 5.74) is -2.39. The molecule has 0 bridgehead atoms. The predicted molar refractivity (Wildman–Crippen MR) is 97.8 cm³/mol. The number of hydrogen-bond donors (Lipinski definition) is 2. The number of ether oxygens (including phenoxy) is 1. The van der Waals surface area contributed by atoms with Crippen molar-refractivity contribution < 1.29 is 77.4 Å². The Labute approximate surface area is 212 Å². The SMILES string of the molecule is CCOP(=O)(O)Cn1nnnc1SCC(=O)N[C@H]1CON(C2(C(=O)[O-])CCC(=O)O2)C1=O.[Na+]. The first-order valence-corrected chi connectivity index (χ1v) is 11.9. The van der Waals surface area contributed by atoms with Crippen molar-refractivity contribution in [2.75, 3.05) is 19.0 Å². The van der Waals surface area contributed by atoms with Gasteiger partial charge in [0.05, 0.1) is 18.8 Å². The molecule has 2 aliphatic rings. The molecule has 16 nitrogen and oxygen atoms in total. The number of carboxylic acids is 1. The Morgan fingerprint density at radius 2 is 2.18 bits per heavy atom. The maximum atomic E-state index is 12.5. The Kier molecular flexibility index (Phi) is 9.41. The zero-order valence-corrected chi connectivity index (χ0v) is 21.2. The van der Waals surface area contributed by atoms with Crippen LogP contribution in [0.3, 0.4) is 0 Å². The smallest absolute Gasteiger partial charge is 0.544 e. The fourth-order valence-corrected chi connectivity index (χ4v) is 4.71. The van der Waals surface area contributed by atoms with Crippen molar-refractivity contribution in [1.29, 1.82) is 0 Å². The van der Waals surface area contributed by atoms with Crippen molar-refractivity contribution in [2.45, 2.75) is 43.0 Å². The molecule has 2 fully saturated rings. The molecular weight excluding hydrogens is 498 g/mol. The van der Waals surface area contributed by atoms with Crippen LogP contribution in [0.4, 0.5) is 0 Å². The van der Waals surface area contributed by atoms with Gasteiger partial charge in [-0.05, 0) is 17.4 Å². The minimum Gasteiger partial charge on any atom is -0.544 e. The topological polar surface area (TPSA) is 215 Å². The zero-order valence-electron chi connectivity index (χ0n) is 17.5. The molecule has 2 amide bonds. The molecular formula is C14H18N6NaO10PS. The minimum absolute atomic E-state index is 0. The van der Waals surface area contributed by atoms with E-state index in [4.69, 9.17) is 14.1 Å². The Balaban J connectivity index is 0.00000385. The van der Waals surface area contributed by atoms with E-state index in [0.717, 1.165) is 16.4 Å². The van der Waals surface area contributed by atoms with Crippen molar-refractivity contribution in [3.8, 4) is 0 Å². The summed E-state index contributed by atoms with van der Waals surface area (Å²) in [6.07, 6.45) is -1.12. The number of nitrogens with zero attached hydrogens (tertiary/aromatic N) is 5. The summed E-state index contributed by atoms with van der Waals surface area (Å²) in [5.74, 6) is -4.51. The third-order valence-electron chi connectivity index (χ3n) is 4.28. The van der Waals surface area contributed by atoms with E-state index >= 15 is 0 Å². The fraction of sp³-hybridized carbons (Fsp3) is 0.643. The Morgan fingerprint density at radius 1 is 1.45 bits per heavy atom. The van der Waals surface area contributed by atoms with Crippen molar-refractivity contribution in [3.63, 3.8) is 0 Å². The number of nitrogens with one attached hydrogen (secondary N) is 1. The predicted octanol–water partition coefficient (Wildman–Crippen LogP) is -6.01. The van der Waals surface area contributed by atoms with Gasteiger partial charge in [-0.25, -0.2) is 4.68 Å². The van der Waals surface area contributed by atoms with Gasteiger partial charge >= 0.3 is 43.1 Å². The molecule has 2 N–H and O–H groups in total. The molecule has 2 saturated heterocycles. The average molecular weight is 516 g/mol. The number of hydroxylamine groups is 2. The Hall–Kier alpha value is -1.59. The van der Waals surface area contributed by atoms with Gasteiger partial charge in [0.25, 0.3) is 11.6 Å². The molecule has 176 valence electrons. The second kappa shape index (κ2) is 11.2. The third-order valence-corrected chi connectivity index (χ3v) is 6.52. The van der Waals surface area contributed by atoms with Gasteiger partial charge in [-0.3, -0.25) is 23.8 Å². The number of aliphatic carboxylic acids is 1. The average Bonchev–Trinajstić information content (AvgIpc) is 3.40. The van der Waals surface area contributed by atoms with Crippen molar-refractivity contribution in [2.24, 2.45) is 0 Å². The van der Waals surface area contributed by atoms with E-state index in [0.29, 0.717) is 5.06 Å². The molecule has 1 aromatic rings. The number of tetrazole rings is 1. The minimum atomic E-state index is -3.97. The maximum Gasteiger partial charge on any atom is 1.00 e. The van der Waals surface area contributed by atoms with Crippen LogP contribution in [0, 0.1) is 0 Å². The first-order valence-electron chi connectivity index (χ1n) is 9.13. The van der Waals surface area contributed by atoms with Crippen molar-refractivity contribution in [3.05, 3.63) is 0 Å². The van der Waals surface area contributed by atoms with Gasteiger partial charge in [-0.1, -0.05) is 11.8 Å². The summed E-state index contributed by atoms with van der Waals surface area (Å²) >= 11 is 0.824. The van der Waals surface area contributed by atoms with Crippen LogP contribution in [0.5, 0.6) is 0 Å². The second-order valence-electron chi connectivity index (χ2n) is 6.54. The fourth-order valence-electron chi connectivity index (χ4n) is 2.91. The van der Waals surface area contributed by atoms with Crippen LogP contribution >= 0.6 is 19.4 Å². The number of aromatic nitrogens is 4. The van der Waals surface area contributed by atoms with E-state index in [1.165, 1.54) is 0 Å². The number of carbonyl (C=O) groups excluding carboxylic acids is 4. The normalized spacial score (nSPS) is 24.2. The summed E-state index contributed by atoms with van der Waals surface area (Å²) in [5, 5.41) is 24.9. The quantitative estimate of drug-likeness (QED) is 0.128. The van der Waals surface area contributed by atoms with E-state index < -0.39 is 49.4 Å². The van der Waals surface area contributed by atoms with Gasteiger partial charge in [0.2, 0.25) is 11.1 Å². The van der Waals surface area contributed by atoms with E-state index in [9.17, 15) is 33.7 Å². The first kappa shape index (κ1) is 27.7. The molecule has 1 aromatic heterocycles. The van der Waals surface area contributed by atoms with Crippen LogP contribution < -0.4 is 40.0 Å². The summed E-state index contributed by atoms with van der Waals surface area (Å²) in [6.45, 7) is 1.17. The van der Waals surface area contributed by atoms with Crippen LogP contribution in [0.15, 0.2) is 5.16 Å². The molecule has 3 rings (SSSR count). The summed E-state index contributed by atoms with van der Waals surface area (Å²) in [4.78, 5) is 62.5. The molecule has 0 aliphatic carbocycles. The molecule has 19 heteroatoms. The zero-order chi connectivity index (χ0) is 23.5. The second-order valence-corrected chi connectivity index (χ2v) is 9.30. The number of esters is 1. The summed E-state index contributed by atoms with van der Waals surface area (Å²) < 4.78 is 22.4. The molecule has 2 aliphatic heterocycles. The molecule has 0 saturated carbocycles. The van der Waals surface area contributed by atoms with E-state index in [2.05, 4.69) is 20.8 Å². The Bertz CT molecular complexity index is 980. The van der Waals surface area contributed by atoms with E-state index in [1.807, 2.05) is 0 Å². The van der Waals surface area contributed by atoms with Gasteiger partial charge in [-0.2, -0.15) is 5.06 Å². The van der Waals surface area contributed by atoms with Crippen LogP contribution in [0.1, 0.15) is 19.8 Å². The van der Waals surface area contributed by atoms with Crippen LogP contribution in [-0.4, -0.2) is 84.7 Å². The van der Waals surface area contributed by atoms with Crippen molar-refractivity contribution in [1.82, 2.24) is 30.6 Å². The van der Waals surface area contributed by atoms with E-state index in [-0.39, 0.29) is 66.5 Å². The molecule has 33 heavy (non-hydrogen) atoms. The number of hydrogen-bond acceptors (Lipinski definition) is 13. The maximum absolute atomic E-state index is 12.5. The van der Waals surface area contributed by atoms with Gasteiger partial charge < -0.3 is 29.4 Å². The van der Waals surface area contributed by atoms with Crippen LogP contribution in [-0.2, 0) is 44.1 Å². The van der Waals surface area contributed by atoms with Crippen LogP contribution in [0.2, 0.25) is 0 Å². The number of carbonyl (C=O) groups is 4. The first-order chi connectivity index (χ1) is 15.1. The van der Waals surface area contributed by atoms with Crippen molar-refractivity contribution >= 4 is 43.1 Å². The number of cyclic esters (lactones) is 1.